The molecular formula is C40H34N4S2. The Morgan fingerprint density at radius 3 is 1.00 bits per heavy atom. The van der Waals surface area contributed by atoms with Crippen molar-refractivity contribution in [1.29, 1.82) is 0 Å². The molecule has 0 radical (unpaired) electrons. The lowest BCUT2D eigenvalue weighted by Crippen LogP contribution is -2.36. The minimum atomic E-state index is 0.799. The smallest absolute Gasteiger partial charge is 0.0968 e. The van der Waals surface area contributed by atoms with Crippen molar-refractivity contribution in [2.24, 2.45) is 0 Å². The second kappa shape index (κ2) is 12.8. The summed E-state index contributed by atoms with van der Waals surface area (Å²) >= 11 is 3.59. The molecular weight excluding hydrogens is 601 g/mol. The fraction of sp³-hybridized carbons (Fsp3) is 0.100. The summed E-state index contributed by atoms with van der Waals surface area (Å²) in [5.74, 6) is 0. The van der Waals surface area contributed by atoms with Crippen LogP contribution in [0.2, 0.25) is 0 Å². The van der Waals surface area contributed by atoms with E-state index >= 15 is 0 Å². The second-order valence-corrected chi connectivity index (χ2v) is 13.3. The average Bonchev–Trinajstić information content (AvgIpc) is 3.95. The molecule has 2 aliphatic rings. The summed E-state index contributed by atoms with van der Waals surface area (Å²) in [5, 5.41) is 6.87. The minimum absolute atomic E-state index is 0.799. The third kappa shape index (κ3) is 5.40. The van der Waals surface area contributed by atoms with Gasteiger partial charge in [0.25, 0.3) is 0 Å². The zero-order valence-electron chi connectivity index (χ0n) is 25.4. The molecule has 0 bridgehead atoms. The van der Waals surface area contributed by atoms with Gasteiger partial charge in [0.15, 0.2) is 0 Å². The molecule has 4 nitrogen and oxygen atoms in total. The number of rotatable bonds is 9. The van der Waals surface area contributed by atoms with Crippen molar-refractivity contribution < 1.29 is 0 Å². The van der Waals surface area contributed by atoms with Crippen LogP contribution in [0.3, 0.4) is 0 Å². The van der Waals surface area contributed by atoms with Gasteiger partial charge in [0, 0.05) is 35.3 Å². The number of nitrogens with zero attached hydrogens (tertiary/aromatic N) is 4. The molecule has 2 aliphatic heterocycles. The van der Waals surface area contributed by atoms with Gasteiger partial charge in [-0.05, 0) is 35.0 Å². The molecule has 0 fully saturated rings. The molecule has 0 N–H and O–H groups in total. The normalized spacial score (nSPS) is 15.0. The van der Waals surface area contributed by atoms with Gasteiger partial charge in [-0.3, -0.25) is 0 Å². The number of benzene rings is 4. The molecule has 2 aromatic heterocycles. The molecule has 6 aromatic rings. The molecule has 0 spiro atoms. The van der Waals surface area contributed by atoms with E-state index in [1.54, 1.807) is 22.7 Å². The summed E-state index contributed by atoms with van der Waals surface area (Å²) in [6.45, 7) is 3.35. The highest BCUT2D eigenvalue weighted by atomic mass is 32.1. The van der Waals surface area contributed by atoms with Crippen LogP contribution in [0.1, 0.15) is 22.3 Å². The molecule has 0 unspecified atom stereocenters. The van der Waals surface area contributed by atoms with E-state index in [2.05, 4.69) is 176 Å². The Labute approximate surface area is 279 Å². The molecule has 0 saturated heterocycles. The maximum absolute atomic E-state index is 2.58. The molecule has 4 heterocycles. The second-order valence-electron chi connectivity index (χ2n) is 11.4. The average molecular weight is 635 g/mol. The van der Waals surface area contributed by atoms with Crippen LogP contribution >= 0.6 is 22.7 Å². The van der Waals surface area contributed by atoms with Gasteiger partial charge in [-0.2, -0.15) is 0 Å². The van der Waals surface area contributed by atoms with Crippen LogP contribution in [0.4, 0.5) is 10.0 Å². The summed E-state index contributed by atoms with van der Waals surface area (Å²) < 4.78 is 0. The SMILES string of the molecule is c1ccc(C2=C(c3ccccc3)N(c3cccs3)CN2CCN2CN(c3cccs3)C(c3ccccc3)=C2c2ccccc2)cc1. The fourth-order valence-corrected chi connectivity index (χ4v) is 8.06. The standard InChI is InChI=1S/C40H34N4S2/c1-5-15-31(16-6-1)37-39(33-19-9-3-10-20-33)43(35-23-13-27-45-35)29-41(37)25-26-42-30-44(36-24-14-28-46-36)40(34-21-11-4-12-22-34)38(42)32-17-7-2-8-18-32/h1-24,27-28H,25-26,29-30H2. The Hall–Kier alpha value is -5.04. The number of hydrogen-bond donors (Lipinski definition) is 0. The van der Waals surface area contributed by atoms with E-state index in [1.165, 1.54) is 55.0 Å². The van der Waals surface area contributed by atoms with Crippen molar-refractivity contribution in [2.75, 3.05) is 36.2 Å². The third-order valence-corrected chi connectivity index (χ3v) is 10.4. The highest BCUT2D eigenvalue weighted by Gasteiger charge is 2.35. The van der Waals surface area contributed by atoms with E-state index in [1.807, 2.05) is 0 Å². The predicted octanol–water partition coefficient (Wildman–Crippen LogP) is 9.72. The van der Waals surface area contributed by atoms with Gasteiger partial charge in [-0.25, -0.2) is 0 Å². The van der Waals surface area contributed by atoms with Gasteiger partial charge in [-0.15, -0.1) is 22.7 Å². The first-order chi connectivity index (χ1) is 22.8. The number of hydrogen-bond acceptors (Lipinski definition) is 6. The summed E-state index contributed by atoms with van der Waals surface area (Å²) in [4.78, 5) is 10.1. The van der Waals surface area contributed by atoms with E-state index in [4.69, 9.17) is 0 Å². The van der Waals surface area contributed by atoms with E-state index in [9.17, 15) is 0 Å². The Morgan fingerprint density at radius 2 is 0.696 bits per heavy atom. The lowest BCUT2D eigenvalue weighted by atomic mass is 10.0. The minimum Gasteiger partial charge on any atom is -0.349 e. The Morgan fingerprint density at radius 1 is 0.370 bits per heavy atom. The summed E-state index contributed by atoms with van der Waals surface area (Å²) in [6.07, 6.45) is 0. The van der Waals surface area contributed by atoms with Crippen molar-refractivity contribution in [2.45, 2.75) is 0 Å². The van der Waals surface area contributed by atoms with E-state index in [0.29, 0.717) is 0 Å². The van der Waals surface area contributed by atoms with Crippen molar-refractivity contribution >= 4 is 55.5 Å². The first-order valence-electron chi connectivity index (χ1n) is 15.7. The zero-order chi connectivity index (χ0) is 30.7. The van der Waals surface area contributed by atoms with Crippen LogP contribution in [0, 0.1) is 0 Å². The maximum Gasteiger partial charge on any atom is 0.0968 e. The van der Waals surface area contributed by atoms with Crippen LogP contribution in [0.15, 0.2) is 156 Å². The van der Waals surface area contributed by atoms with Crippen LogP contribution in [0.5, 0.6) is 0 Å². The van der Waals surface area contributed by atoms with Gasteiger partial charge in [0.05, 0.1) is 46.1 Å². The number of thiophene rings is 2. The molecule has 0 saturated carbocycles. The van der Waals surface area contributed by atoms with Gasteiger partial charge in [0.2, 0.25) is 0 Å². The fourth-order valence-electron chi connectivity index (χ4n) is 6.60. The van der Waals surface area contributed by atoms with Crippen LogP contribution in [0.25, 0.3) is 22.8 Å². The summed E-state index contributed by atoms with van der Waals surface area (Å²) in [7, 11) is 0. The summed E-state index contributed by atoms with van der Waals surface area (Å²) in [5.41, 5.74) is 10.0. The molecule has 4 aromatic carbocycles. The Kier molecular flexibility index (Phi) is 7.88. The van der Waals surface area contributed by atoms with Gasteiger partial charge in [0.1, 0.15) is 0 Å². The summed E-state index contributed by atoms with van der Waals surface area (Å²) in [6, 6.07) is 52.3. The predicted molar refractivity (Wildman–Crippen MR) is 196 cm³/mol. The van der Waals surface area contributed by atoms with Crippen LogP contribution in [-0.4, -0.2) is 36.2 Å². The Bertz CT molecular complexity index is 1790. The Balaban J connectivity index is 1.21. The van der Waals surface area contributed by atoms with E-state index in [0.717, 1.165) is 26.4 Å². The molecule has 0 aliphatic carbocycles. The number of anilines is 2. The largest absolute Gasteiger partial charge is 0.349 e. The van der Waals surface area contributed by atoms with Crippen molar-refractivity contribution in [3.05, 3.63) is 179 Å². The topological polar surface area (TPSA) is 13.0 Å². The van der Waals surface area contributed by atoms with Crippen LogP contribution < -0.4 is 9.80 Å². The molecule has 8 rings (SSSR count). The van der Waals surface area contributed by atoms with E-state index < -0.39 is 0 Å². The quantitative estimate of drug-likeness (QED) is 0.157. The highest BCUT2D eigenvalue weighted by molar-refractivity contribution is 7.14. The molecule has 6 heteroatoms. The van der Waals surface area contributed by atoms with E-state index in [-0.39, 0.29) is 0 Å². The van der Waals surface area contributed by atoms with Gasteiger partial charge in [-0.1, -0.05) is 121 Å². The van der Waals surface area contributed by atoms with Crippen molar-refractivity contribution in [1.82, 2.24) is 9.80 Å². The monoisotopic (exact) mass is 634 g/mol. The maximum atomic E-state index is 2.58. The van der Waals surface area contributed by atoms with Crippen molar-refractivity contribution in [3.8, 4) is 0 Å². The lowest BCUT2D eigenvalue weighted by Gasteiger charge is -2.29. The van der Waals surface area contributed by atoms with Crippen LogP contribution in [-0.2, 0) is 0 Å². The van der Waals surface area contributed by atoms with Gasteiger partial charge < -0.3 is 19.6 Å². The molecule has 0 amide bonds. The first kappa shape index (κ1) is 28.4. The lowest BCUT2D eigenvalue weighted by molar-refractivity contribution is 0.341. The van der Waals surface area contributed by atoms with Crippen molar-refractivity contribution in [3.63, 3.8) is 0 Å². The first-order valence-corrected chi connectivity index (χ1v) is 17.4. The molecule has 0 atom stereocenters. The van der Waals surface area contributed by atoms with Gasteiger partial charge >= 0.3 is 0 Å². The molecule has 226 valence electrons. The third-order valence-electron chi connectivity index (χ3n) is 8.62. The molecule has 46 heavy (non-hydrogen) atoms. The zero-order valence-corrected chi connectivity index (χ0v) is 27.1. The highest BCUT2D eigenvalue weighted by Crippen LogP contribution is 2.44.